The van der Waals surface area contributed by atoms with Gasteiger partial charge in [-0.25, -0.2) is 0 Å². The third-order valence-electron chi connectivity index (χ3n) is 0. The predicted octanol–water partition coefficient (Wildman–Crippen LogP) is -0.196. The number of hydrogen-bond donors (Lipinski definition) is 2. The number of hydrogen-bond acceptors (Lipinski definition) is 3. The fraction of sp³-hybridized carbons (Fsp3) is 0. The first-order valence-corrected chi connectivity index (χ1v) is 1.87. The molecule has 0 saturated heterocycles. The molecule has 2 nitrogen and oxygen atoms in total. The van der Waals surface area contributed by atoms with Crippen molar-refractivity contribution in [2.45, 2.75) is 0 Å². The molecule has 0 aliphatic rings. The van der Waals surface area contributed by atoms with Crippen LogP contribution < -0.4 is 4.72 Å². The van der Waals surface area contributed by atoms with E-state index in [1.807, 2.05) is 0 Å². The second kappa shape index (κ2) is 27.1. The number of thiocyanates is 1. The monoisotopic (exact) mass is 127 g/mol. The normalized spacial score (nSPS) is 2.60. The van der Waals surface area contributed by atoms with Crippen LogP contribution in [-0.2, 0) is 16.5 Å². The molecule has 0 aliphatic heterocycles. The Hall–Kier alpha value is 0.332. The van der Waals surface area contributed by atoms with Crippen LogP contribution in [0.5, 0.6) is 0 Å². The average Bonchev–Trinajstić information content (AvgIpc) is 1.46. The number of nitriles is 1. The summed E-state index contributed by atoms with van der Waals surface area (Å²) in [6.07, 6.45) is 0. The van der Waals surface area contributed by atoms with Crippen LogP contribution in [0.1, 0.15) is 0 Å². The molecule has 0 aromatic heterocycles. The second-order valence-electron chi connectivity index (χ2n) is 0.100. The second-order valence-corrected chi connectivity index (χ2v) is 0.300. The number of nitrogens with two attached hydrogens (primary N) is 1. The first kappa shape index (κ1) is 9.01. The van der Waals surface area contributed by atoms with Crippen LogP contribution >= 0.6 is 12.6 Å². The minimum absolute atomic E-state index is 1.44. The van der Waals surface area contributed by atoms with Gasteiger partial charge in [0, 0.05) is 0 Å². The van der Waals surface area contributed by atoms with E-state index in [2.05, 4.69) is 33.9 Å². The maximum absolute atomic E-state index is 7.18. The van der Waals surface area contributed by atoms with E-state index >= 15 is 0 Å². The molecular weight excluding hydrogens is 124 g/mol. The molecule has 0 aromatic rings. The minimum atomic E-state index is 1.44. The first-order valence-electron chi connectivity index (χ1n) is 0.683. The third kappa shape index (κ3) is 213. The van der Waals surface area contributed by atoms with Crippen molar-refractivity contribution >= 4 is 12.6 Å². The molecule has 0 unspecified atom stereocenters. The van der Waals surface area contributed by atoms with Crippen molar-refractivity contribution in [3.8, 4) is 5.40 Å². The molecule has 29 valence electrons. The molecule has 0 bridgehead atoms. The Bertz CT molecular complexity index is 31.1. The van der Waals surface area contributed by atoms with Crippen LogP contribution in [0.3, 0.4) is 0 Å². The SMILES string of the molecule is N#CS.[NH2][Cr]. The summed E-state index contributed by atoms with van der Waals surface area (Å²) in [5, 5.41) is 8.63. The molecule has 4 heteroatoms. The van der Waals surface area contributed by atoms with Gasteiger partial charge in [-0.3, -0.25) is 0 Å². The summed E-state index contributed by atoms with van der Waals surface area (Å²) in [4.78, 5) is 0. The van der Waals surface area contributed by atoms with Crippen LogP contribution in [0.4, 0.5) is 0 Å². The van der Waals surface area contributed by atoms with Gasteiger partial charge in [-0.1, -0.05) is 12.6 Å². The molecule has 0 atom stereocenters. The van der Waals surface area contributed by atoms with Crippen molar-refractivity contribution in [3.05, 3.63) is 0 Å². The molecular formula is CH3CrN2S. The van der Waals surface area contributed by atoms with Gasteiger partial charge in [0.25, 0.3) is 0 Å². The predicted molar refractivity (Wildman–Crippen MR) is 18.8 cm³/mol. The van der Waals surface area contributed by atoms with E-state index in [9.17, 15) is 0 Å². The van der Waals surface area contributed by atoms with E-state index in [1.54, 1.807) is 0 Å². The van der Waals surface area contributed by atoms with Crippen molar-refractivity contribution in [2.24, 2.45) is 4.72 Å². The summed E-state index contributed by atoms with van der Waals surface area (Å²) in [5.74, 6) is 0. The van der Waals surface area contributed by atoms with Gasteiger partial charge in [0.05, 0.1) is 0 Å². The molecule has 0 fully saturated rings. The first-order chi connectivity index (χ1) is 2.41. The molecule has 5 heavy (non-hydrogen) atoms. The van der Waals surface area contributed by atoms with Crippen LogP contribution in [0.15, 0.2) is 0 Å². The number of thiol groups is 1. The van der Waals surface area contributed by atoms with Gasteiger partial charge in [0.15, 0.2) is 0 Å². The summed E-state index contributed by atoms with van der Waals surface area (Å²) in [6.45, 7) is 0. The summed E-state index contributed by atoms with van der Waals surface area (Å²) in [6, 6.07) is 0. The van der Waals surface area contributed by atoms with Gasteiger partial charge < -0.3 is 0 Å². The Balaban J connectivity index is 0. The number of rotatable bonds is 0. The fourth-order valence-electron chi connectivity index (χ4n) is 0. The molecule has 0 heterocycles. The van der Waals surface area contributed by atoms with Crippen LogP contribution in [-0.4, -0.2) is 0 Å². The molecule has 0 spiro atoms. The standard InChI is InChI=1S/CHNS.Cr.H2N/c2-1-3;;/h3H;;1H2/q;+1;-1. The van der Waals surface area contributed by atoms with Gasteiger partial charge in [0.2, 0.25) is 0 Å². The zero-order valence-corrected chi connectivity index (χ0v) is 4.55. The van der Waals surface area contributed by atoms with E-state index in [4.69, 9.17) is 5.26 Å². The van der Waals surface area contributed by atoms with Gasteiger partial charge >= 0.3 is 21.2 Å². The quantitative estimate of drug-likeness (QED) is 0.350. The van der Waals surface area contributed by atoms with E-state index in [0.717, 1.165) is 0 Å². The third-order valence-corrected chi connectivity index (χ3v) is 0. The topological polar surface area (TPSA) is 49.8 Å². The molecule has 0 rings (SSSR count). The zero-order chi connectivity index (χ0) is 4.71. The zero-order valence-electron chi connectivity index (χ0n) is 2.38. The summed E-state index contributed by atoms with van der Waals surface area (Å²) in [5.41, 5.74) is 0. The van der Waals surface area contributed by atoms with Crippen molar-refractivity contribution in [2.75, 3.05) is 0 Å². The van der Waals surface area contributed by atoms with Crippen molar-refractivity contribution in [3.63, 3.8) is 0 Å². The van der Waals surface area contributed by atoms with E-state index in [0.29, 0.717) is 0 Å². The van der Waals surface area contributed by atoms with E-state index in [1.165, 1.54) is 5.40 Å². The molecule has 0 saturated carbocycles. The van der Waals surface area contributed by atoms with E-state index < -0.39 is 0 Å². The van der Waals surface area contributed by atoms with Crippen LogP contribution in [0.25, 0.3) is 0 Å². The van der Waals surface area contributed by atoms with Gasteiger partial charge in [-0.15, -0.1) is 0 Å². The Labute approximate surface area is 45.0 Å². The summed E-state index contributed by atoms with van der Waals surface area (Å²) in [7, 11) is 0. The molecule has 0 amide bonds. The summed E-state index contributed by atoms with van der Waals surface area (Å²) >= 11 is 5.22. The Kier molecular flexibility index (Phi) is 48.8. The van der Waals surface area contributed by atoms with Crippen molar-refractivity contribution in [1.29, 1.82) is 5.26 Å². The number of nitrogens with zero attached hydrogens (tertiary/aromatic N) is 1. The maximum atomic E-state index is 7.18. The van der Waals surface area contributed by atoms with Gasteiger partial charge in [-0.2, -0.15) is 5.26 Å². The van der Waals surface area contributed by atoms with Crippen molar-refractivity contribution < 1.29 is 16.5 Å². The van der Waals surface area contributed by atoms with Crippen LogP contribution in [0, 0.1) is 10.7 Å². The van der Waals surface area contributed by atoms with Gasteiger partial charge in [-0.05, 0) is 0 Å². The molecule has 0 aliphatic carbocycles. The fourth-order valence-corrected chi connectivity index (χ4v) is 0. The molecule has 0 aromatic carbocycles. The summed E-state index contributed by atoms with van der Waals surface area (Å²) < 4.78 is 4.38. The Morgan fingerprint density at radius 3 is 1.80 bits per heavy atom. The van der Waals surface area contributed by atoms with Crippen LogP contribution in [0.2, 0.25) is 0 Å². The average molecular weight is 127 g/mol. The Morgan fingerprint density at radius 1 is 1.80 bits per heavy atom. The van der Waals surface area contributed by atoms with Gasteiger partial charge in [0.1, 0.15) is 5.40 Å². The van der Waals surface area contributed by atoms with Crippen molar-refractivity contribution in [1.82, 2.24) is 0 Å². The van der Waals surface area contributed by atoms with E-state index in [-0.39, 0.29) is 0 Å². The Morgan fingerprint density at radius 2 is 1.80 bits per heavy atom. The molecule has 0 radical (unpaired) electrons. The molecule has 2 N–H and O–H groups in total.